The summed E-state index contributed by atoms with van der Waals surface area (Å²) in [6.07, 6.45) is 16.4. The average molecular weight is 457 g/mol. The number of carbonyl (C=O) groups is 1. The lowest BCUT2D eigenvalue weighted by Gasteiger charge is -2.40. The molecule has 1 fully saturated rings. The van der Waals surface area contributed by atoms with Gasteiger partial charge in [0.05, 0.1) is 6.04 Å². The average Bonchev–Trinajstić information content (AvgIpc) is 2.72. The largest absolute Gasteiger partial charge is 0.298 e. The molecule has 3 nitrogen and oxygen atoms in total. The van der Waals surface area contributed by atoms with Crippen LogP contribution in [0.3, 0.4) is 0 Å². The predicted molar refractivity (Wildman–Crippen MR) is 146 cm³/mol. The summed E-state index contributed by atoms with van der Waals surface area (Å²) in [6.45, 7) is 22.2. The van der Waals surface area contributed by atoms with Crippen LogP contribution < -0.4 is 0 Å². The van der Waals surface area contributed by atoms with Gasteiger partial charge in [-0.2, -0.15) is 0 Å². The maximum Gasteiger partial charge on any atom is 0.148 e. The normalized spacial score (nSPS) is 19.3. The van der Waals surface area contributed by atoms with E-state index in [1.807, 2.05) is 0 Å². The van der Waals surface area contributed by atoms with E-state index in [0.717, 1.165) is 64.8 Å². The first-order valence-electron chi connectivity index (χ1n) is 13.2. The topological polar surface area (TPSA) is 23.6 Å². The van der Waals surface area contributed by atoms with Crippen LogP contribution in [-0.4, -0.2) is 54.3 Å². The van der Waals surface area contributed by atoms with E-state index in [2.05, 4.69) is 82.6 Å². The van der Waals surface area contributed by atoms with Crippen LogP contribution in [0.4, 0.5) is 0 Å². The number of hydrogen-bond acceptors (Lipinski definition) is 3. The van der Waals surface area contributed by atoms with Crippen LogP contribution in [0.5, 0.6) is 0 Å². The van der Waals surface area contributed by atoms with E-state index >= 15 is 0 Å². The molecule has 33 heavy (non-hydrogen) atoms. The van der Waals surface area contributed by atoms with Crippen LogP contribution in [0.15, 0.2) is 46.6 Å². The molecule has 0 aromatic rings. The van der Waals surface area contributed by atoms with Crippen molar-refractivity contribution in [3.8, 4) is 0 Å². The monoisotopic (exact) mass is 456 g/mol. The summed E-state index contributed by atoms with van der Waals surface area (Å²) >= 11 is 0. The zero-order chi connectivity index (χ0) is 24.8. The van der Waals surface area contributed by atoms with E-state index in [4.69, 9.17) is 0 Å². The van der Waals surface area contributed by atoms with Crippen molar-refractivity contribution in [1.29, 1.82) is 0 Å². The van der Waals surface area contributed by atoms with Crippen molar-refractivity contribution in [1.82, 2.24) is 9.80 Å². The Balaban J connectivity index is 2.36. The van der Waals surface area contributed by atoms with E-state index in [1.54, 1.807) is 6.92 Å². The third-order valence-electron chi connectivity index (χ3n) is 6.50. The summed E-state index contributed by atoms with van der Waals surface area (Å²) in [5.41, 5.74) is 5.88. The quantitative estimate of drug-likeness (QED) is 0.255. The highest BCUT2D eigenvalue weighted by atomic mass is 16.1. The third kappa shape index (κ3) is 13.8. The molecule has 1 heterocycles. The first-order valence-corrected chi connectivity index (χ1v) is 13.2. The van der Waals surface area contributed by atoms with Crippen molar-refractivity contribution in [2.45, 2.75) is 100.0 Å². The summed E-state index contributed by atoms with van der Waals surface area (Å²) in [5.74, 6) is 0.907. The van der Waals surface area contributed by atoms with E-state index < -0.39 is 0 Å². The number of hydrogen-bond donors (Lipinski definition) is 0. The Morgan fingerprint density at radius 2 is 1.30 bits per heavy atom. The highest BCUT2D eigenvalue weighted by molar-refractivity contribution is 5.81. The summed E-state index contributed by atoms with van der Waals surface area (Å²) in [5, 5.41) is 0. The van der Waals surface area contributed by atoms with Gasteiger partial charge < -0.3 is 0 Å². The zero-order valence-corrected chi connectivity index (χ0v) is 23.0. The minimum absolute atomic E-state index is 0.0605. The summed E-state index contributed by atoms with van der Waals surface area (Å²) in [7, 11) is 0. The molecule has 0 aromatic carbocycles. The van der Waals surface area contributed by atoms with E-state index in [1.165, 1.54) is 28.7 Å². The van der Waals surface area contributed by atoms with Crippen LogP contribution in [0.1, 0.15) is 93.9 Å². The van der Waals surface area contributed by atoms with Crippen molar-refractivity contribution in [3.63, 3.8) is 0 Å². The van der Waals surface area contributed by atoms with Crippen molar-refractivity contribution in [2.75, 3.05) is 32.7 Å². The standard InChI is InChI=1S/C30H52N2O/c1-24(2)12-9-13-26(5)14-10-15-27(6)16-11-17-28(7)18-19-31-20-21-32(22-25(3)4)30(23-31)29(8)33/h12,14,16,18,25,30H,9-11,13,15,17,19-23H2,1-8H3/b26-14+,27-16+,28-18+. The molecule has 0 aromatic heterocycles. The van der Waals surface area contributed by atoms with Gasteiger partial charge in [0.25, 0.3) is 0 Å². The van der Waals surface area contributed by atoms with Crippen molar-refractivity contribution in [3.05, 3.63) is 46.6 Å². The Labute approximate surface area is 205 Å². The Bertz CT molecular complexity index is 707. The second-order valence-electron chi connectivity index (χ2n) is 10.8. The molecule has 0 spiro atoms. The fourth-order valence-electron chi connectivity index (χ4n) is 4.39. The maximum atomic E-state index is 12.2. The highest BCUT2D eigenvalue weighted by Gasteiger charge is 2.29. The van der Waals surface area contributed by atoms with Gasteiger partial charge in [0.1, 0.15) is 5.78 Å². The summed E-state index contributed by atoms with van der Waals surface area (Å²) in [6, 6.07) is 0.0605. The van der Waals surface area contributed by atoms with Crippen LogP contribution in [-0.2, 0) is 4.79 Å². The van der Waals surface area contributed by atoms with Crippen LogP contribution in [0.2, 0.25) is 0 Å². The summed E-state index contributed by atoms with van der Waals surface area (Å²) < 4.78 is 0. The number of carbonyl (C=O) groups excluding carboxylic acids is 1. The second-order valence-corrected chi connectivity index (χ2v) is 10.8. The molecule has 1 aliphatic rings. The summed E-state index contributed by atoms with van der Waals surface area (Å²) in [4.78, 5) is 17.0. The molecule has 3 heteroatoms. The molecule has 1 saturated heterocycles. The molecule has 1 unspecified atom stereocenters. The second kappa shape index (κ2) is 16.2. The van der Waals surface area contributed by atoms with Crippen LogP contribution in [0.25, 0.3) is 0 Å². The van der Waals surface area contributed by atoms with Crippen LogP contribution >= 0.6 is 0 Å². The number of rotatable bonds is 14. The SMILES string of the molecule is CC(=O)C1CN(C/C=C(\C)CC/C=C(\C)CC/C=C(\C)CCC=C(C)C)CCN1CC(C)C. The minimum Gasteiger partial charge on any atom is -0.298 e. The Morgan fingerprint density at radius 3 is 1.79 bits per heavy atom. The van der Waals surface area contributed by atoms with Gasteiger partial charge in [-0.15, -0.1) is 0 Å². The molecule has 188 valence electrons. The number of ketones is 1. The minimum atomic E-state index is 0.0605. The number of piperazine rings is 1. The molecule has 0 aliphatic carbocycles. The smallest absolute Gasteiger partial charge is 0.148 e. The van der Waals surface area contributed by atoms with Gasteiger partial charge >= 0.3 is 0 Å². The Morgan fingerprint density at radius 1 is 0.788 bits per heavy atom. The molecular formula is C30H52N2O. The molecule has 0 N–H and O–H groups in total. The molecule has 1 atom stereocenters. The maximum absolute atomic E-state index is 12.2. The fourth-order valence-corrected chi connectivity index (χ4v) is 4.39. The predicted octanol–water partition coefficient (Wildman–Crippen LogP) is 7.36. The van der Waals surface area contributed by atoms with E-state index in [-0.39, 0.29) is 6.04 Å². The molecule has 0 bridgehead atoms. The molecular weight excluding hydrogens is 404 g/mol. The van der Waals surface area contributed by atoms with Gasteiger partial charge in [-0.25, -0.2) is 0 Å². The van der Waals surface area contributed by atoms with Gasteiger partial charge in [0.2, 0.25) is 0 Å². The molecule has 0 saturated carbocycles. The van der Waals surface area contributed by atoms with E-state index in [0.29, 0.717) is 11.7 Å². The number of Topliss-reactive ketones (excluding diaryl/α,β-unsaturated/α-hetero) is 1. The molecule has 1 aliphatic heterocycles. The first-order chi connectivity index (χ1) is 15.6. The zero-order valence-electron chi connectivity index (χ0n) is 23.0. The van der Waals surface area contributed by atoms with Crippen LogP contribution in [0, 0.1) is 5.92 Å². The molecule has 0 amide bonds. The van der Waals surface area contributed by atoms with Crippen molar-refractivity contribution in [2.24, 2.45) is 5.92 Å². The van der Waals surface area contributed by atoms with E-state index in [9.17, 15) is 4.79 Å². The van der Waals surface area contributed by atoms with Crippen molar-refractivity contribution >= 4 is 5.78 Å². The fraction of sp³-hybridized carbons (Fsp3) is 0.700. The Hall–Kier alpha value is -1.45. The lowest BCUT2D eigenvalue weighted by Crippen LogP contribution is -2.56. The van der Waals surface area contributed by atoms with Gasteiger partial charge in [0, 0.05) is 32.7 Å². The van der Waals surface area contributed by atoms with Gasteiger partial charge in [0.15, 0.2) is 0 Å². The lowest BCUT2D eigenvalue weighted by atomic mass is 10.0. The molecule has 0 radical (unpaired) electrons. The van der Waals surface area contributed by atoms with Gasteiger partial charge in [-0.05, 0) is 86.0 Å². The van der Waals surface area contributed by atoms with Crippen molar-refractivity contribution < 1.29 is 4.79 Å². The van der Waals surface area contributed by atoms with Gasteiger partial charge in [-0.1, -0.05) is 60.4 Å². The number of nitrogens with zero attached hydrogens (tertiary/aromatic N) is 2. The first kappa shape index (κ1) is 29.6. The molecule has 1 rings (SSSR count). The number of allylic oxidation sites excluding steroid dienone is 7. The highest BCUT2D eigenvalue weighted by Crippen LogP contribution is 2.16. The Kier molecular flexibility index (Phi) is 14.5. The van der Waals surface area contributed by atoms with Gasteiger partial charge in [-0.3, -0.25) is 14.6 Å². The lowest BCUT2D eigenvalue weighted by molar-refractivity contribution is -0.124. The third-order valence-corrected chi connectivity index (χ3v) is 6.50.